The lowest BCUT2D eigenvalue weighted by Gasteiger charge is -2.31. The van der Waals surface area contributed by atoms with Crippen molar-refractivity contribution in [2.24, 2.45) is 0 Å². The SMILES string of the molecule is O=C(c1ccc2c(c1)OCO2)N1CCC(c2nnc(-c3ccc(F)cc3F)s2)CC1. The van der Waals surface area contributed by atoms with Gasteiger partial charge >= 0.3 is 0 Å². The van der Waals surface area contributed by atoms with Crippen LogP contribution < -0.4 is 9.47 Å². The van der Waals surface area contributed by atoms with Crippen LogP contribution in [0, 0.1) is 11.6 Å². The first-order valence-electron chi connectivity index (χ1n) is 9.56. The van der Waals surface area contributed by atoms with Crippen molar-refractivity contribution in [1.29, 1.82) is 0 Å². The molecule has 0 atom stereocenters. The highest BCUT2D eigenvalue weighted by Crippen LogP contribution is 2.36. The Bertz CT molecular complexity index is 1110. The van der Waals surface area contributed by atoms with Gasteiger partial charge in [-0.3, -0.25) is 4.79 Å². The number of piperidine rings is 1. The van der Waals surface area contributed by atoms with Crippen LogP contribution in [-0.4, -0.2) is 40.9 Å². The number of ether oxygens (including phenoxy) is 2. The van der Waals surface area contributed by atoms with E-state index in [2.05, 4.69) is 10.2 Å². The molecule has 0 unspecified atom stereocenters. The Labute approximate surface area is 175 Å². The molecule has 0 N–H and O–H groups in total. The lowest BCUT2D eigenvalue weighted by Crippen LogP contribution is -2.37. The first-order chi connectivity index (χ1) is 14.6. The lowest BCUT2D eigenvalue weighted by molar-refractivity contribution is 0.0712. The number of fused-ring (bicyclic) bond motifs is 1. The van der Waals surface area contributed by atoms with E-state index in [0.717, 1.165) is 23.9 Å². The molecule has 9 heteroatoms. The standard InChI is InChI=1S/C21H17F2N3O3S/c22-14-2-3-15(16(23)10-14)20-25-24-19(30-20)12-5-7-26(8-6-12)21(27)13-1-4-17-18(9-13)29-11-28-17/h1-4,9-10,12H,5-8,11H2. The van der Waals surface area contributed by atoms with Crippen LogP contribution in [0.3, 0.4) is 0 Å². The van der Waals surface area contributed by atoms with Gasteiger partial charge in [-0.15, -0.1) is 10.2 Å². The minimum atomic E-state index is -0.651. The number of nitrogens with zero attached hydrogens (tertiary/aromatic N) is 3. The Morgan fingerprint density at radius 3 is 2.63 bits per heavy atom. The maximum atomic E-state index is 14.0. The summed E-state index contributed by atoms with van der Waals surface area (Å²) in [5.74, 6) is 0.0704. The van der Waals surface area contributed by atoms with E-state index in [1.54, 1.807) is 18.2 Å². The molecule has 0 radical (unpaired) electrons. The number of carbonyl (C=O) groups is 1. The molecule has 1 aromatic heterocycles. The van der Waals surface area contributed by atoms with E-state index in [1.165, 1.54) is 23.5 Å². The van der Waals surface area contributed by atoms with Crippen molar-refractivity contribution in [3.63, 3.8) is 0 Å². The number of hydrogen-bond acceptors (Lipinski definition) is 6. The normalized spacial score (nSPS) is 16.1. The summed E-state index contributed by atoms with van der Waals surface area (Å²) in [7, 11) is 0. The number of benzene rings is 2. The van der Waals surface area contributed by atoms with Gasteiger partial charge in [-0.1, -0.05) is 11.3 Å². The zero-order chi connectivity index (χ0) is 20.7. The average Bonchev–Trinajstić information content (AvgIpc) is 3.42. The largest absolute Gasteiger partial charge is 0.454 e. The highest BCUT2D eigenvalue weighted by Gasteiger charge is 2.28. The van der Waals surface area contributed by atoms with E-state index in [-0.39, 0.29) is 24.2 Å². The predicted octanol–water partition coefficient (Wildman–Crippen LogP) is 4.23. The van der Waals surface area contributed by atoms with Crippen molar-refractivity contribution in [3.05, 3.63) is 58.6 Å². The van der Waals surface area contributed by atoms with Crippen LogP contribution in [0.5, 0.6) is 11.5 Å². The number of carbonyl (C=O) groups excluding carboxylic acids is 1. The van der Waals surface area contributed by atoms with Crippen LogP contribution >= 0.6 is 11.3 Å². The van der Waals surface area contributed by atoms with E-state index in [1.807, 2.05) is 4.90 Å². The summed E-state index contributed by atoms with van der Waals surface area (Å²) in [5.41, 5.74) is 0.818. The quantitative estimate of drug-likeness (QED) is 0.624. The topological polar surface area (TPSA) is 64.6 Å². The average molecular weight is 429 g/mol. The zero-order valence-corrected chi connectivity index (χ0v) is 16.6. The monoisotopic (exact) mass is 429 g/mol. The van der Waals surface area contributed by atoms with E-state index < -0.39 is 11.6 Å². The maximum absolute atomic E-state index is 14.0. The van der Waals surface area contributed by atoms with Crippen LogP contribution in [0.4, 0.5) is 8.78 Å². The van der Waals surface area contributed by atoms with E-state index in [9.17, 15) is 13.6 Å². The fraction of sp³-hybridized carbons (Fsp3) is 0.286. The van der Waals surface area contributed by atoms with Crippen molar-refractivity contribution >= 4 is 17.2 Å². The van der Waals surface area contributed by atoms with Gasteiger partial charge in [-0.2, -0.15) is 0 Å². The fourth-order valence-electron chi connectivity index (χ4n) is 3.71. The van der Waals surface area contributed by atoms with Crippen LogP contribution in [0.2, 0.25) is 0 Å². The third-order valence-corrected chi connectivity index (χ3v) is 6.47. The predicted molar refractivity (Wildman–Crippen MR) is 106 cm³/mol. The van der Waals surface area contributed by atoms with Gasteiger partial charge < -0.3 is 14.4 Å². The van der Waals surface area contributed by atoms with Crippen molar-refractivity contribution in [3.8, 4) is 22.1 Å². The first-order valence-corrected chi connectivity index (χ1v) is 10.4. The molecule has 2 aromatic carbocycles. The molecule has 0 aliphatic carbocycles. The Kier molecular flexibility index (Phi) is 4.82. The number of amides is 1. The number of likely N-dealkylation sites (tertiary alicyclic amines) is 1. The Hall–Kier alpha value is -3.07. The summed E-state index contributed by atoms with van der Waals surface area (Å²) in [6.07, 6.45) is 1.49. The van der Waals surface area contributed by atoms with Gasteiger partial charge in [0.25, 0.3) is 5.91 Å². The van der Waals surface area contributed by atoms with Crippen LogP contribution in [0.15, 0.2) is 36.4 Å². The Morgan fingerprint density at radius 1 is 1.03 bits per heavy atom. The molecule has 0 bridgehead atoms. The second-order valence-corrected chi connectivity index (χ2v) is 8.21. The molecular weight excluding hydrogens is 412 g/mol. The number of rotatable bonds is 3. The van der Waals surface area contributed by atoms with Crippen LogP contribution in [0.25, 0.3) is 10.6 Å². The summed E-state index contributed by atoms with van der Waals surface area (Å²) < 4.78 is 37.8. The van der Waals surface area contributed by atoms with Crippen molar-refractivity contribution < 1.29 is 23.0 Å². The Balaban J connectivity index is 1.25. The minimum absolute atomic E-state index is 0.0434. The molecule has 5 rings (SSSR count). The maximum Gasteiger partial charge on any atom is 0.253 e. The van der Waals surface area contributed by atoms with E-state index in [0.29, 0.717) is 35.2 Å². The molecule has 2 aliphatic rings. The summed E-state index contributed by atoms with van der Waals surface area (Å²) in [4.78, 5) is 14.6. The zero-order valence-electron chi connectivity index (χ0n) is 15.8. The lowest BCUT2D eigenvalue weighted by atomic mass is 9.97. The number of halogens is 2. The highest BCUT2D eigenvalue weighted by atomic mass is 32.1. The van der Waals surface area contributed by atoms with Gasteiger partial charge in [0.15, 0.2) is 16.5 Å². The summed E-state index contributed by atoms with van der Waals surface area (Å²) in [6.45, 7) is 1.36. The van der Waals surface area contributed by atoms with Gasteiger partial charge in [0, 0.05) is 36.2 Å². The molecule has 154 valence electrons. The van der Waals surface area contributed by atoms with Gasteiger partial charge in [0.05, 0.1) is 0 Å². The summed E-state index contributed by atoms with van der Waals surface area (Å²) in [5, 5.41) is 9.55. The molecule has 30 heavy (non-hydrogen) atoms. The van der Waals surface area contributed by atoms with Crippen molar-refractivity contribution in [2.45, 2.75) is 18.8 Å². The molecule has 0 saturated carbocycles. The molecule has 6 nitrogen and oxygen atoms in total. The minimum Gasteiger partial charge on any atom is -0.454 e. The van der Waals surface area contributed by atoms with Gasteiger partial charge in [0.1, 0.15) is 16.6 Å². The van der Waals surface area contributed by atoms with Crippen molar-refractivity contribution in [2.75, 3.05) is 19.9 Å². The molecule has 3 aromatic rings. The highest BCUT2D eigenvalue weighted by molar-refractivity contribution is 7.14. The van der Waals surface area contributed by atoms with Gasteiger partial charge in [-0.25, -0.2) is 8.78 Å². The first kappa shape index (κ1) is 18.9. The molecule has 1 fully saturated rings. The van der Waals surface area contributed by atoms with E-state index in [4.69, 9.17) is 9.47 Å². The third-order valence-electron chi connectivity index (χ3n) is 5.35. The molecule has 1 saturated heterocycles. The molecule has 0 spiro atoms. The number of aromatic nitrogens is 2. The van der Waals surface area contributed by atoms with Gasteiger partial charge in [0.2, 0.25) is 6.79 Å². The Morgan fingerprint density at radius 2 is 1.83 bits per heavy atom. The van der Waals surface area contributed by atoms with Gasteiger partial charge in [-0.05, 0) is 43.2 Å². The summed E-state index contributed by atoms with van der Waals surface area (Å²) >= 11 is 1.31. The molecular formula is C21H17F2N3O3S. The second-order valence-electron chi connectivity index (χ2n) is 7.20. The van der Waals surface area contributed by atoms with Crippen molar-refractivity contribution in [1.82, 2.24) is 15.1 Å². The molecule has 1 amide bonds. The second kappa shape index (κ2) is 7.64. The third kappa shape index (κ3) is 3.49. The fourth-order valence-corrected chi connectivity index (χ4v) is 4.75. The smallest absolute Gasteiger partial charge is 0.253 e. The molecule has 2 aliphatic heterocycles. The summed E-state index contributed by atoms with van der Waals surface area (Å²) in [6, 6.07) is 8.64. The van der Waals surface area contributed by atoms with E-state index >= 15 is 0 Å². The molecule has 3 heterocycles. The van der Waals surface area contributed by atoms with Crippen LogP contribution in [0.1, 0.15) is 34.1 Å². The number of hydrogen-bond donors (Lipinski definition) is 0. The van der Waals surface area contributed by atoms with Crippen LogP contribution in [-0.2, 0) is 0 Å².